The number of aryl methyl sites for hydroxylation is 1. The topological polar surface area (TPSA) is 3.24 Å². The van der Waals surface area contributed by atoms with E-state index in [0.29, 0.717) is 5.92 Å². The summed E-state index contributed by atoms with van der Waals surface area (Å²) in [6.07, 6.45) is 6.31. The van der Waals surface area contributed by atoms with Crippen molar-refractivity contribution >= 4 is 0 Å². The molecule has 0 saturated heterocycles. The van der Waals surface area contributed by atoms with Crippen LogP contribution < -0.4 is 0 Å². The molecule has 1 nitrogen and oxygen atoms in total. The first-order chi connectivity index (χ1) is 10.8. The van der Waals surface area contributed by atoms with E-state index in [4.69, 9.17) is 0 Å². The predicted molar refractivity (Wildman–Crippen MR) is 96.4 cm³/mol. The van der Waals surface area contributed by atoms with Crippen LogP contribution in [0.1, 0.15) is 42.7 Å². The molecule has 0 N–H and O–H groups in total. The SMILES string of the molecule is CN(C)CCCC(CCCc1ccccc1)c1ccccc1. The van der Waals surface area contributed by atoms with E-state index in [2.05, 4.69) is 79.7 Å². The van der Waals surface area contributed by atoms with E-state index in [-0.39, 0.29) is 0 Å². The summed E-state index contributed by atoms with van der Waals surface area (Å²) in [6, 6.07) is 21.9. The van der Waals surface area contributed by atoms with E-state index in [1.807, 2.05) is 0 Å². The number of nitrogens with zero attached hydrogens (tertiary/aromatic N) is 1. The summed E-state index contributed by atoms with van der Waals surface area (Å²) in [5.74, 6) is 0.699. The largest absolute Gasteiger partial charge is 0.309 e. The van der Waals surface area contributed by atoms with Gasteiger partial charge in [0.15, 0.2) is 0 Å². The van der Waals surface area contributed by atoms with Gasteiger partial charge in [-0.2, -0.15) is 0 Å². The zero-order valence-corrected chi connectivity index (χ0v) is 14.0. The summed E-state index contributed by atoms with van der Waals surface area (Å²) in [5, 5.41) is 0. The molecule has 0 heterocycles. The van der Waals surface area contributed by atoms with Gasteiger partial charge < -0.3 is 4.90 Å². The standard InChI is InChI=1S/C21H29N/c1-22(2)18-10-17-21(20-14-7-4-8-15-20)16-9-13-19-11-5-3-6-12-19/h3-8,11-12,14-15,21H,9-10,13,16-18H2,1-2H3. The fourth-order valence-corrected chi connectivity index (χ4v) is 3.05. The molecule has 0 aliphatic heterocycles. The highest BCUT2D eigenvalue weighted by Gasteiger charge is 2.11. The zero-order chi connectivity index (χ0) is 15.6. The van der Waals surface area contributed by atoms with Gasteiger partial charge in [0.25, 0.3) is 0 Å². The maximum absolute atomic E-state index is 2.29. The predicted octanol–water partition coefficient (Wildman–Crippen LogP) is 5.13. The number of hydrogen-bond acceptors (Lipinski definition) is 1. The highest BCUT2D eigenvalue weighted by atomic mass is 15.0. The second-order valence-electron chi connectivity index (χ2n) is 6.43. The average Bonchev–Trinajstić information content (AvgIpc) is 2.55. The van der Waals surface area contributed by atoms with Crippen LogP contribution in [-0.2, 0) is 6.42 Å². The highest BCUT2D eigenvalue weighted by Crippen LogP contribution is 2.27. The third kappa shape index (κ3) is 6.03. The first kappa shape index (κ1) is 16.8. The molecule has 2 aromatic rings. The van der Waals surface area contributed by atoms with Crippen molar-refractivity contribution in [3.63, 3.8) is 0 Å². The first-order valence-corrected chi connectivity index (χ1v) is 8.49. The molecule has 1 heteroatoms. The zero-order valence-electron chi connectivity index (χ0n) is 14.0. The second kappa shape index (κ2) is 9.42. The molecular weight excluding hydrogens is 266 g/mol. The van der Waals surface area contributed by atoms with Gasteiger partial charge in [-0.3, -0.25) is 0 Å². The quantitative estimate of drug-likeness (QED) is 0.619. The Balaban J connectivity index is 1.87. The van der Waals surface area contributed by atoms with Crippen molar-refractivity contribution < 1.29 is 0 Å². The molecular formula is C21H29N. The minimum atomic E-state index is 0.699. The molecule has 0 bridgehead atoms. The van der Waals surface area contributed by atoms with Gasteiger partial charge in [-0.15, -0.1) is 0 Å². The highest BCUT2D eigenvalue weighted by molar-refractivity contribution is 5.20. The van der Waals surface area contributed by atoms with Crippen LogP contribution in [-0.4, -0.2) is 25.5 Å². The Morgan fingerprint density at radius 2 is 1.36 bits per heavy atom. The van der Waals surface area contributed by atoms with Crippen molar-refractivity contribution in [1.29, 1.82) is 0 Å². The molecule has 0 radical (unpaired) electrons. The van der Waals surface area contributed by atoms with Crippen LogP contribution in [0.15, 0.2) is 60.7 Å². The normalized spacial score (nSPS) is 12.5. The summed E-state index contributed by atoms with van der Waals surface area (Å²) in [5.41, 5.74) is 2.97. The van der Waals surface area contributed by atoms with E-state index in [1.54, 1.807) is 0 Å². The van der Waals surface area contributed by atoms with Crippen molar-refractivity contribution in [2.75, 3.05) is 20.6 Å². The summed E-state index contributed by atoms with van der Waals surface area (Å²) < 4.78 is 0. The first-order valence-electron chi connectivity index (χ1n) is 8.49. The van der Waals surface area contributed by atoms with Crippen LogP contribution in [0.25, 0.3) is 0 Å². The van der Waals surface area contributed by atoms with Crippen LogP contribution >= 0.6 is 0 Å². The van der Waals surface area contributed by atoms with E-state index in [9.17, 15) is 0 Å². The lowest BCUT2D eigenvalue weighted by molar-refractivity contribution is 0.380. The molecule has 2 rings (SSSR count). The molecule has 0 spiro atoms. The third-order valence-corrected chi connectivity index (χ3v) is 4.29. The fourth-order valence-electron chi connectivity index (χ4n) is 3.05. The van der Waals surface area contributed by atoms with Crippen LogP contribution in [0.2, 0.25) is 0 Å². The summed E-state index contributed by atoms with van der Waals surface area (Å²) >= 11 is 0. The van der Waals surface area contributed by atoms with Crippen LogP contribution in [0.4, 0.5) is 0 Å². The monoisotopic (exact) mass is 295 g/mol. The minimum absolute atomic E-state index is 0.699. The molecule has 0 aliphatic carbocycles. The molecule has 1 unspecified atom stereocenters. The van der Waals surface area contributed by atoms with Gasteiger partial charge in [0.05, 0.1) is 0 Å². The van der Waals surface area contributed by atoms with Gasteiger partial charge in [-0.25, -0.2) is 0 Å². The molecule has 22 heavy (non-hydrogen) atoms. The van der Waals surface area contributed by atoms with Gasteiger partial charge in [-0.05, 0) is 69.8 Å². The molecule has 0 fully saturated rings. The summed E-state index contributed by atoms with van der Waals surface area (Å²) in [7, 11) is 4.32. The average molecular weight is 295 g/mol. The smallest absolute Gasteiger partial charge is 0.00246 e. The third-order valence-electron chi connectivity index (χ3n) is 4.29. The summed E-state index contributed by atoms with van der Waals surface area (Å²) in [4.78, 5) is 2.28. The molecule has 0 aromatic heterocycles. The Morgan fingerprint density at radius 3 is 2.00 bits per heavy atom. The van der Waals surface area contributed by atoms with Gasteiger partial charge in [0.2, 0.25) is 0 Å². The molecule has 0 amide bonds. The number of hydrogen-bond donors (Lipinski definition) is 0. The van der Waals surface area contributed by atoms with Gasteiger partial charge in [0, 0.05) is 0 Å². The van der Waals surface area contributed by atoms with E-state index in [1.165, 1.54) is 49.8 Å². The van der Waals surface area contributed by atoms with Crippen molar-refractivity contribution in [3.8, 4) is 0 Å². The minimum Gasteiger partial charge on any atom is -0.309 e. The Morgan fingerprint density at radius 1 is 0.773 bits per heavy atom. The van der Waals surface area contributed by atoms with E-state index < -0.39 is 0 Å². The lowest BCUT2D eigenvalue weighted by Gasteiger charge is -2.19. The van der Waals surface area contributed by atoms with Gasteiger partial charge in [0.1, 0.15) is 0 Å². The number of rotatable bonds is 9. The molecule has 2 aromatic carbocycles. The van der Waals surface area contributed by atoms with Crippen LogP contribution in [0.5, 0.6) is 0 Å². The Labute approximate surface area is 136 Å². The lowest BCUT2D eigenvalue weighted by Crippen LogP contribution is -2.14. The Bertz CT molecular complexity index is 504. The Hall–Kier alpha value is -1.60. The van der Waals surface area contributed by atoms with Crippen molar-refractivity contribution in [3.05, 3.63) is 71.8 Å². The van der Waals surface area contributed by atoms with Gasteiger partial charge >= 0.3 is 0 Å². The van der Waals surface area contributed by atoms with Crippen molar-refractivity contribution in [2.45, 2.75) is 38.0 Å². The lowest BCUT2D eigenvalue weighted by atomic mass is 9.89. The van der Waals surface area contributed by atoms with Crippen molar-refractivity contribution in [2.24, 2.45) is 0 Å². The fraction of sp³-hybridized carbons (Fsp3) is 0.429. The Kier molecular flexibility index (Phi) is 7.18. The maximum Gasteiger partial charge on any atom is -0.00246 e. The molecule has 0 saturated carbocycles. The van der Waals surface area contributed by atoms with E-state index >= 15 is 0 Å². The van der Waals surface area contributed by atoms with Crippen LogP contribution in [0.3, 0.4) is 0 Å². The molecule has 1 atom stereocenters. The van der Waals surface area contributed by atoms with E-state index in [0.717, 1.165) is 0 Å². The van der Waals surface area contributed by atoms with Gasteiger partial charge in [-0.1, -0.05) is 60.7 Å². The van der Waals surface area contributed by atoms with Crippen LogP contribution in [0, 0.1) is 0 Å². The molecule has 0 aliphatic rings. The maximum atomic E-state index is 2.29. The van der Waals surface area contributed by atoms with Crippen molar-refractivity contribution in [1.82, 2.24) is 4.90 Å². The number of benzene rings is 2. The second-order valence-corrected chi connectivity index (χ2v) is 6.43. The summed E-state index contributed by atoms with van der Waals surface area (Å²) in [6.45, 7) is 1.18. The molecule has 118 valence electrons.